The second-order valence-corrected chi connectivity index (χ2v) is 3.47. The van der Waals surface area contributed by atoms with Gasteiger partial charge in [0, 0.05) is 0 Å². The van der Waals surface area contributed by atoms with Crippen molar-refractivity contribution in [1.82, 2.24) is 5.32 Å². The van der Waals surface area contributed by atoms with Crippen molar-refractivity contribution in [2.75, 3.05) is 6.61 Å². The Morgan fingerprint density at radius 2 is 2.33 bits per heavy atom. The van der Waals surface area contributed by atoms with E-state index in [0.717, 1.165) is 6.02 Å². The molecule has 1 heterocycles. The zero-order chi connectivity index (χ0) is 8.39. The lowest BCUT2D eigenvalue weighted by Crippen LogP contribution is -2.37. The smallest absolute Gasteiger partial charge is 0.285 e. The maximum atomic E-state index is 5.33. The van der Waals surface area contributed by atoms with E-state index in [9.17, 15) is 0 Å². The summed E-state index contributed by atoms with van der Waals surface area (Å²) in [6, 6.07) is 1.84. The summed E-state index contributed by atoms with van der Waals surface area (Å²) in [5, 5.41) is 3.32. The van der Waals surface area contributed by atoms with Gasteiger partial charge in [0.25, 0.3) is 6.02 Å². The summed E-state index contributed by atoms with van der Waals surface area (Å²) in [7, 11) is 0. The van der Waals surface area contributed by atoms with Crippen LogP contribution in [0.1, 0.15) is 32.6 Å². The number of nitrogens with one attached hydrogen (secondary N) is 1. The molecule has 0 aromatic heterocycles. The molecule has 2 rings (SSSR count). The molecule has 0 aromatic carbocycles. The normalized spacial score (nSPS) is 33.6. The molecule has 0 saturated heterocycles. The molecule has 3 heteroatoms. The van der Waals surface area contributed by atoms with Gasteiger partial charge in [0.05, 0.1) is 18.7 Å². The summed E-state index contributed by atoms with van der Waals surface area (Å²) in [6.07, 6.45) is 5.15. The first-order chi connectivity index (χ1) is 5.90. The first kappa shape index (κ1) is 7.90. The zero-order valence-electron chi connectivity index (χ0n) is 7.55. The summed E-state index contributed by atoms with van der Waals surface area (Å²) in [5.74, 6) is 0. The lowest BCUT2D eigenvalue weighted by molar-refractivity contribution is 0.309. The molecule has 2 aliphatic rings. The number of fused-ring (bicyclic) bond motifs is 1. The van der Waals surface area contributed by atoms with E-state index in [1.54, 1.807) is 0 Å². The van der Waals surface area contributed by atoms with Crippen LogP contribution in [0.15, 0.2) is 4.99 Å². The Hall–Kier alpha value is -0.730. The Labute approximate surface area is 73.2 Å². The van der Waals surface area contributed by atoms with E-state index in [1.165, 1.54) is 25.7 Å². The molecule has 12 heavy (non-hydrogen) atoms. The Morgan fingerprint density at radius 1 is 1.50 bits per heavy atom. The first-order valence-corrected chi connectivity index (χ1v) is 4.87. The summed E-state index contributed by atoms with van der Waals surface area (Å²) < 4.78 is 5.33. The minimum absolute atomic E-state index is 0.500. The zero-order valence-corrected chi connectivity index (χ0v) is 7.55. The van der Waals surface area contributed by atoms with Gasteiger partial charge >= 0.3 is 0 Å². The van der Waals surface area contributed by atoms with Crippen molar-refractivity contribution in [1.29, 1.82) is 0 Å². The molecule has 1 aliphatic carbocycles. The Bertz CT molecular complexity index is 191. The molecule has 1 saturated carbocycles. The van der Waals surface area contributed by atoms with E-state index in [-0.39, 0.29) is 0 Å². The number of aliphatic imine (C=N–C) groups is 1. The van der Waals surface area contributed by atoms with Gasteiger partial charge in [0.1, 0.15) is 0 Å². The molecular weight excluding hydrogens is 152 g/mol. The average Bonchev–Trinajstić information content (AvgIpc) is 2.47. The van der Waals surface area contributed by atoms with Crippen LogP contribution < -0.4 is 5.32 Å². The number of ether oxygens (including phenoxy) is 1. The predicted molar refractivity (Wildman–Crippen MR) is 48.2 cm³/mol. The van der Waals surface area contributed by atoms with E-state index >= 15 is 0 Å². The average molecular weight is 168 g/mol. The van der Waals surface area contributed by atoms with Gasteiger partial charge in [-0.25, -0.2) is 4.99 Å². The maximum absolute atomic E-state index is 5.33. The Morgan fingerprint density at radius 3 is 3.08 bits per heavy atom. The van der Waals surface area contributed by atoms with Gasteiger partial charge in [0.2, 0.25) is 0 Å². The number of nitrogens with zero attached hydrogens (tertiary/aromatic N) is 1. The van der Waals surface area contributed by atoms with Crippen LogP contribution in [0.3, 0.4) is 0 Å². The highest BCUT2D eigenvalue weighted by atomic mass is 16.5. The molecule has 0 aromatic rings. The second-order valence-electron chi connectivity index (χ2n) is 3.47. The summed E-state index contributed by atoms with van der Waals surface area (Å²) in [4.78, 5) is 4.48. The second kappa shape index (κ2) is 3.33. The van der Waals surface area contributed by atoms with Crippen molar-refractivity contribution in [2.45, 2.75) is 44.7 Å². The first-order valence-electron chi connectivity index (χ1n) is 4.87. The highest BCUT2D eigenvalue weighted by Gasteiger charge is 2.31. The van der Waals surface area contributed by atoms with Crippen LogP contribution in [0.2, 0.25) is 0 Å². The monoisotopic (exact) mass is 168 g/mol. The molecule has 0 bridgehead atoms. The van der Waals surface area contributed by atoms with Crippen molar-refractivity contribution in [3.05, 3.63) is 0 Å². The summed E-state index contributed by atoms with van der Waals surface area (Å²) >= 11 is 0. The van der Waals surface area contributed by atoms with Crippen LogP contribution in [0.25, 0.3) is 0 Å². The fourth-order valence-corrected chi connectivity index (χ4v) is 2.00. The van der Waals surface area contributed by atoms with E-state index in [0.29, 0.717) is 18.7 Å². The molecule has 2 atom stereocenters. The third-order valence-electron chi connectivity index (χ3n) is 2.60. The van der Waals surface area contributed by atoms with E-state index in [1.807, 2.05) is 6.92 Å². The van der Waals surface area contributed by atoms with Crippen molar-refractivity contribution >= 4 is 6.02 Å². The van der Waals surface area contributed by atoms with Gasteiger partial charge in [-0.15, -0.1) is 0 Å². The molecule has 68 valence electrons. The quantitative estimate of drug-likeness (QED) is 0.640. The molecule has 0 amide bonds. The van der Waals surface area contributed by atoms with Crippen molar-refractivity contribution in [2.24, 2.45) is 4.99 Å². The number of amidine groups is 1. The van der Waals surface area contributed by atoms with Crippen LogP contribution in [-0.4, -0.2) is 24.7 Å². The minimum Gasteiger partial charge on any atom is -0.466 e. The SMILES string of the molecule is CCOC1=NC2CCCCC2N1. The third-order valence-corrected chi connectivity index (χ3v) is 2.60. The number of rotatable bonds is 1. The van der Waals surface area contributed by atoms with Gasteiger partial charge in [-0.3, -0.25) is 0 Å². The number of hydrogen-bond donors (Lipinski definition) is 1. The fourth-order valence-electron chi connectivity index (χ4n) is 2.00. The lowest BCUT2D eigenvalue weighted by atomic mass is 9.92. The lowest BCUT2D eigenvalue weighted by Gasteiger charge is -2.22. The summed E-state index contributed by atoms with van der Waals surface area (Å²) in [5.41, 5.74) is 0. The summed E-state index contributed by atoms with van der Waals surface area (Å²) in [6.45, 7) is 2.71. The largest absolute Gasteiger partial charge is 0.466 e. The predicted octanol–water partition coefficient (Wildman–Crippen LogP) is 1.29. The van der Waals surface area contributed by atoms with Gasteiger partial charge in [-0.2, -0.15) is 0 Å². The Balaban J connectivity index is 1.94. The molecule has 1 N–H and O–H groups in total. The van der Waals surface area contributed by atoms with Crippen LogP contribution in [0.5, 0.6) is 0 Å². The van der Waals surface area contributed by atoms with Gasteiger partial charge < -0.3 is 10.1 Å². The molecule has 0 radical (unpaired) electrons. The van der Waals surface area contributed by atoms with E-state index < -0.39 is 0 Å². The molecule has 3 nitrogen and oxygen atoms in total. The van der Waals surface area contributed by atoms with E-state index in [2.05, 4.69) is 10.3 Å². The van der Waals surface area contributed by atoms with Crippen LogP contribution >= 0.6 is 0 Å². The molecule has 0 spiro atoms. The molecule has 1 fully saturated rings. The van der Waals surface area contributed by atoms with Gasteiger partial charge in [0.15, 0.2) is 0 Å². The highest BCUT2D eigenvalue weighted by Crippen LogP contribution is 2.24. The van der Waals surface area contributed by atoms with Crippen molar-refractivity contribution in [3.8, 4) is 0 Å². The van der Waals surface area contributed by atoms with Crippen LogP contribution in [-0.2, 0) is 4.74 Å². The van der Waals surface area contributed by atoms with E-state index in [4.69, 9.17) is 4.74 Å². The standard InChI is InChI=1S/C9H16N2O/c1-2-12-9-10-7-5-3-4-6-8(7)11-9/h7-8H,2-6H2,1H3,(H,10,11). The maximum Gasteiger partial charge on any atom is 0.285 e. The fraction of sp³-hybridized carbons (Fsp3) is 0.889. The Kier molecular flexibility index (Phi) is 2.19. The van der Waals surface area contributed by atoms with Gasteiger partial charge in [-0.05, 0) is 19.8 Å². The van der Waals surface area contributed by atoms with Gasteiger partial charge in [-0.1, -0.05) is 12.8 Å². The number of hydrogen-bond acceptors (Lipinski definition) is 3. The molecular formula is C9H16N2O. The topological polar surface area (TPSA) is 33.6 Å². The third kappa shape index (κ3) is 1.40. The molecule has 2 unspecified atom stereocenters. The van der Waals surface area contributed by atoms with Crippen molar-refractivity contribution in [3.63, 3.8) is 0 Å². The molecule has 1 aliphatic heterocycles. The van der Waals surface area contributed by atoms with Crippen LogP contribution in [0, 0.1) is 0 Å². The van der Waals surface area contributed by atoms with Crippen molar-refractivity contribution < 1.29 is 4.74 Å². The minimum atomic E-state index is 0.500. The van der Waals surface area contributed by atoms with Crippen LogP contribution in [0.4, 0.5) is 0 Å². The highest BCUT2D eigenvalue weighted by molar-refractivity contribution is 5.76.